The van der Waals surface area contributed by atoms with Gasteiger partial charge in [-0.2, -0.15) is 0 Å². The molecule has 0 amide bonds. The van der Waals surface area contributed by atoms with Gasteiger partial charge >= 0.3 is 7.48 Å². The molecule has 0 saturated carbocycles. The van der Waals surface area contributed by atoms with E-state index in [1.807, 2.05) is 0 Å². The Kier molecular flexibility index (Phi) is 2.71. The summed E-state index contributed by atoms with van der Waals surface area (Å²) in [6, 6.07) is 2.86. The van der Waals surface area contributed by atoms with Gasteiger partial charge in [-0.15, -0.1) is 0 Å². The van der Waals surface area contributed by atoms with Gasteiger partial charge < -0.3 is 9.76 Å². The molecular weight excluding hydrogens is 158 g/mol. The molecule has 0 aliphatic heterocycles. The molecule has 0 fully saturated rings. The molecule has 4 heteroatoms. The monoisotopic (exact) mass is 168 g/mol. The molecule has 64 valence electrons. The third-order valence-corrected chi connectivity index (χ3v) is 1.73. The summed E-state index contributed by atoms with van der Waals surface area (Å²) >= 11 is 0. The fourth-order valence-corrected chi connectivity index (χ4v) is 1.04. The fraction of sp³-hybridized carbons (Fsp3) is 0.250. The number of hydrogen-bond acceptors (Lipinski definition) is 2. The molecule has 0 unspecified atom stereocenters. The molecule has 2 nitrogen and oxygen atoms in total. The van der Waals surface area contributed by atoms with Gasteiger partial charge in [-0.1, -0.05) is 6.07 Å². The standard InChI is InChI=1S/C8H10BFO2/c1-5-3-6(9-11)8(12-2)4-7(5)10/h3-4,9,11H,1-2H3. The van der Waals surface area contributed by atoms with Crippen LogP contribution in [0.25, 0.3) is 0 Å². The van der Waals surface area contributed by atoms with E-state index in [1.165, 1.54) is 13.2 Å². The van der Waals surface area contributed by atoms with Gasteiger partial charge in [-0.25, -0.2) is 4.39 Å². The van der Waals surface area contributed by atoms with Crippen molar-refractivity contribution in [1.82, 2.24) is 0 Å². The first kappa shape index (κ1) is 9.07. The Labute approximate surface area is 71.3 Å². The summed E-state index contributed by atoms with van der Waals surface area (Å²) in [5, 5.41) is 8.86. The second-order valence-electron chi connectivity index (χ2n) is 2.57. The molecule has 0 spiro atoms. The molecule has 1 rings (SSSR count). The van der Waals surface area contributed by atoms with Gasteiger partial charge in [-0.3, -0.25) is 0 Å². The number of halogens is 1. The summed E-state index contributed by atoms with van der Waals surface area (Å²) in [5.41, 5.74) is 1.12. The van der Waals surface area contributed by atoms with E-state index >= 15 is 0 Å². The minimum Gasteiger partial charge on any atom is -0.497 e. The highest BCUT2D eigenvalue weighted by atomic mass is 19.1. The quantitative estimate of drug-likeness (QED) is 0.635. The molecule has 0 radical (unpaired) electrons. The van der Waals surface area contributed by atoms with E-state index < -0.39 is 0 Å². The highest BCUT2D eigenvalue weighted by molar-refractivity contribution is 6.47. The number of rotatable bonds is 2. The Morgan fingerprint density at radius 3 is 2.67 bits per heavy atom. The van der Waals surface area contributed by atoms with E-state index in [2.05, 4.69) is 0 Å². The lowest BCUT2D eigenvalue weighted by Crippen LogP contribution is -2.17. The highest BCUT2D eigenvalue weighted by Crippen LogP contribution is 2.12. The molecule has 0 heterocycles. The van der Waals surface area contributed by atoms with E-state index in [4.69, 9.17) is 9.76 Å². The van der Waals surface area contributed by atoms with Crippen LogP contribution < -0.4 is 10.2 Å². The highest BCUT2D eigenvalue weighted by Gasteiger charge is 2.07. The van der Waals surface area contributed by atoms with Gasteiger partial charge in [0.15, 0.2) is 0 Å². The Morgan fingerprint density at radius 2 is 2.17 bits per heavy atom. The average molecular weight is 168 g/mol. The first-order valence-corrected chi connectivity index (χ1v) is 3.63. The zero-order chi connectivity index (χ0) is 9.14. The van der Waals surface area contributed by atoms with Crippen molar-refractivity contribution >= 4 is 12.9 Å². The molecule has 1 aromatic rings. The van der Waals surface area contributed by atoms with Crippen molar-refractivity contribution in [1.29, 1.82) is 0 Å². The summed E-state index contributed by atoms with van der Waals surface area (Å²) in [7, 11) is 1.31. The van der Waals surface area contributed by atoms with E-state index in [-0.39, 0.29) is 13.3 Å². The third-order valence-electron chi connectivity index (χ3n) is 1.73. The number of hydrogen-bond donors (Lipinski definition) is 1. The van der Waals surface area contributed by atoms with Crippen LogP contribution in [0.1, 0.15) is 5.56 Å². The maximum atomic E-state index is 12.9. The average Bonchev–Trinajstić information content (AvgIpc) is 2.09. The van der Waals surface area contributed by atoms with E-state index in [0.29, 0.717) is 16.8 Å². The Hall–Kier alpha value is -1.03. The predicted octanol–water partition coefficient (Wildman–Crippen LogP) is 0.112. The fourth-order valence-electron chi connectivity index (χ4n) is 1.04. The minimum atomic E-state index is -0.316. The maximum Gasteiger partial charge on any atom is 0.308 e. The molecule has 0 bridgehead atoms. The second-order valence-corrected chi connectivity index (χ2v) is 2.57. The zero-order valence-corrected chi connectivity index (χ0v) is 7.10. The van der Waals surface area contributed by atoms with Crippen LogP contribution in [0.5, 0.6) is 5.75 Å². The van der Waals surface area contributed by atoms with Gasteiger partial charge in [0.1, 0.15) is 11.6 Å². The van der Waals surface area contributed by atoms with Gasteiger partial charge in [0.05, 0.1) is 7.11 Å². The van der Waals surface area contributed by atoms with Gasteiger partial charge in [0.25, 0.3) is 0 Å². The van der Waals surface area contributed by atoms with Crippen molar-refractivity contribution in [2.45, 2.75) is 6.92 Å². The summed E-state index contributed by atoms with van der Waals surface area (Å²) in [4.78, 5) is 0. The number of benzene rings is 1. The maximum absolute atomic E-state index is 12.9. The number of methoxy groups -OCH3 is 1. The first-order chi connectivity index (χ1) is 5.69. The lowest BCUT2D eigenvalue weighted by molar-refractivity contribution is 0.413. The SMILES string of the molecule is COc1cc(F)c(C)cc1BO. The smallest absolute Gasteiger partial charge is 0.308 e. The normalized spacial score (nSPS) is 9.67. The summed E-state index contributed by atoms with van der Waals surface area (Å²) in [5.74, 6) is 0.0738. The Balaban J connectivity index is 3.19. The van der Waals surface area contributed by atoms with Gasteiger partial charge in [-0.05, 0) is 17.9 Å². The molecule has 0 aliphatic carbocycles. The van der Waals surface area contributed by atoms with Crippen LogP contribution in [0.15, 0.2) is 12.1 Å². The second kappa shape index (κ2) is 3.58. The number of ether oxygens (including phenoxy) is 1. The van der Waals surface area contributed by atoms with Crippen molar-refractivity contribution in [2.75, 3.05) is 7.11 Å². The van der Waals surface area contributed by atoms with Crippen LogP contribution in [0.2, 0.25) is 0 Å². The van der Waals surface area contributed by atoms with Crippen LogP contribution >= 0.6 is 0 Å². The van der Waals surface area contributed by atoms with E-state index in [0.717, 1.165) is 0 Å². The summed E-state index contributed by atoms with van der Waals surface area (Å²) in [6.45, 7) is 1.65. The lowest BCUT2D eigenvalue weighted by atomic mass is 9.86. The molecule has 0 saturated heterocycles. The van der Waals surface area contributed by atoms with E-state index in [9.17, 15) is 4.39 Å². The van der Waals surface area contributed by atoms with Crippen LogP contribution in [-0.2, 0) is 0 Å². The number of aryl methyl sites for hydroxylation is 1. The van der Waals surface area contributed by atoms with Crippen molar-refractivity contribution in [2.24, 2.45) is 0 Å². The first-order valence-electron chi connectivity index (χ1n) is 3.63. The van der Waals surface area contributed by atoms with Gasteiger partial charge in [0, 0.05) is 6.07 Å². The topological polar surface area (TPSA) is 29.5 Å². The Morgan fingerprint density at radius 1 is 1.50 bits per heavy atom. The van der Waals surface area contributed by atoms with Crippen molar-refractivity contribution < 1.29 is 14.2 Å². The van der Waals surface area contributed by atoms with Crippen LogP contribution in [-0.4, -0.2) is 19.6 Å². The minimum absolute atomic E-state index is 0.135. The Bertz CT molecular complexity index is 260. The molecular formula is C8H10BFO2. The molecule has 0 atom stereocenters. The molecule has 1 aromatic carbocycles. The van der Waals surface area contributed by atoms with Gasteiger partial charge in [0.2, 0.25) is 0 Å². The van der Waals surface area contributed by atoms with Crippen molar-refractivity contribution in [3.8, 4) is 5.75 Å². The molecule has 0 aliphatic rings. The van der Waals surface area contributed by atoms with Crippen molar-refractivity contribution in [3.63, 3.8) is 0 Å². The molecule has 1 N–H and O–H groups in total. The lowest BCUT2D eigenvalue weighted by Gasteiger charge is -2.06. The van der Waals surface area contributed by atoms with Crippen LogP contribution in [0.4, 0.5) is 4.39 Å². The van der Waals surface area contributed by atoms with Crippen molar-refractivity contribution in [3.05, 3.63) is 23.5 Å². The summed E-state index contributed by atoms with van der Waals surface area (Å²) in [6.07, 6.45) is 0. The molecule has 0 aromatic heterocycles. The summed E-state index contributed by atoms with van der Waals surface area (Å²) < 4.78 is 17.8. The molecule has 12 heavy (non-hydrogen) atoms. The zero-order valence-electron chi connectivity index (χ0n) is 7.10. The largest absolute Gasteiger partial charge is 0.497 e. The van der Waals surface area contributed by atoms with Crippen LogP contribution in [0.3, 0.4) is 0 Å². The predicted molar refractivity (Wildman–Crippen MR) is 46.7 cm³/mol. The van der Waals surface area contributed by atoms with E-state index in [1.54, 1.807) is 13.0 Å². The van der Waals surface area contributed by atoms with Crippen LogP contribution in [0, 0.1) is 12.7 Å². The third kappa shape index (κ3) is 1.59.